The highest BCUT2D eigenvalue weighted by atomic mass is 15.3. The highest BCUT2D eigenvalue weighted by Gasteiger charge is 2.16. The van der Waals surface area contributed by atoms with Crippen molar-refractivity contribution in [1.29, 1.82) is 0 Å². The maximum Gasteiger partial charge on any atom is 0.231 e. The molecule has 7 heteroatoms. The third-order valence-corrected chi connectivity index (χ3v) is 3.49. The SMILES string of the molecule is CN(C)CCN(C)c1nc(N)nc(N2CCCCC2)n1. The van der Waals surface area contributed by atoms with Crippen molar-refractivity contribution in [2.45, 2.75) is 19.3 Å². The summed E-state index contributed by atoms with van der Waals surface area (Å²) >= 11 is 0. The molecule has 0 bridgehead atoms. The zero-order valence-corrected chi connectivity index (χ0v) is 12.7. The van der Waals surface area contributed by atoms with Gasteiger partial charge in [0.15, 0.2) is 0 Å². The van der Waals surface area contributed by atoms with E-state index in [4.69, 9.17) is 5.73 Å². The van der Waals surface area contributed by atoms with E-state index in [2.05, 4.69) is 38.8 Å². The van der Waals surface area contributed by atoms with E-state index < -0.39 is 0 Å². The molecule has 0 saturated carbocycles. The van der Waals surface area contributed by atoms with Crippen LogP contribution in [0.3, 0.4) is 0 Å². The number of likely N-dealkylation sites (N-methyl/N-ethyl adjacent to an activating group) is 2. The molecule has 1 saturated heterocycles. The second-order valence-corrected chi connectivity index (χ2v) is 5.57. The number of aromatic nitrogens is 3. The Kier molecular flexibility index (Phi) is 4.94. The van der Waals surface area contributed by atoms with Crippen molar-refractivity contribution >= 4 is 17.8 Å². The molecule has 0 amide bonds. The Labute approximate surface area is 120 Å². The lowest BCUT2D eigenvalue weighted by Gasteiger charge is -2.27. The van der Waals surface area contributed by atoms with Crippen molar-refractivity contribution in [1.82, 2.24) is 19.9 Å². The van der Waals surface area contributed by atoms with Gasteiger partial charge >= 0.3 is 0 Å². The van der Waals surface area contributed by atoms with Gasteiger partial charge in [-0.3, -0.25) is 0 Å². The molecule has 7 nitrogen and oxygen atoms in total. The fourth-order valence-corrected chi connectivity index (χ4v) is 2.23. The van der Waals surface area contributed by atoms with Crippen LogP contribution >= 0.6 is 0 Å². The second kappa shape index (κ2) is 6.69. The van der Waals surface area contributed by atoms with E-state index in [0.29, 0.717) is 17.8 Å². The summed E-state index contributed by atoms with van der Waals surface area (Å²) in [7, 11) is 6.09. The Hall–Kier alpha value is -1.63. The molecule has 2 N–H and O–H groups in total. The van der Waals surface area contributed by atoms with Gasteiger partial charge in [-0.05, 0) is 33.4 Å². The minimum absolute atomic E-state index is 0.298. The molecular weight excluding hydrogens is 254 g/mol. The summed E-state index contributed by atoms with van der Waals surface area (Å²) in [6.45, 7) is 3.81. The standard InChI is InChI=1S/C13H25N7/c1-18(2)9-10-19(3)12-15-11(14)16-13(17-12)20-7-5-4-6-8-20/h4-10H2,1-3H3,(H2,14,15,16,17). The van der Waals surface area contributed by atoms with Gasteiger partial charge in [-0.1, -0.05) is 0 Å². The highest BCUT2D eigenvalue weighted by Crippen LogP contribution is 2.18. The molecule has 20 heavy (non-hydrogen) atoms. The Balaban J connectivity index is 2.10. The van der Waals surface area contributed by atoms with Crippen LogP contribution in [0.2, 0.25) is 0 Å². The quantitative estimate of drug-likeness (QED) is 0.838. The topological polar surface area (TPSA) is 74.4 Å². The van der Waals surface area contributed by atoms with Crippen LogP contribution in [0.1, 0.15) is 19.3 Å². The maximum absolute atomic E-state index is 5.83. The van der Waals surface area contributed by atoms with Crippen molar-refractivity contribution in [2.75, 3.05) is 62.9 Å². The third-order valence-electron chi connectivity index (χ3n) is 3.49. The Morgan fingerprint density at radius 2 is 1.70 bits per heavy atom. The van der Waals surface area contributed by atoms with E-state index in [1.807, 2.05) is 11.9 Å². The largest absolute Gasteiger partial charge is 0.368 e. The lowest BCUT2D eigenvalue weighted by atomic mass is 10.1. The molecule has 2 heterocycles. The first-order valence-corrected chi connectivity index (χ1v) is 7.18. The summed E-state index contributed by atoms with van der Waals surface area (Å²) < 4.78 is 0. The molecule has 1 aliphatic rings. The minimum Gasteiger partial charge on any atom is -0.368 e. The van der Waals surface area contributed by atoms with E-state index in [0.717, 1.165) is 26.2 Å². The molecule has 1 aliphatic heterocycles. The average molecular weight is 279 g/mol. The fourth-order valence-electron chi connectivity index (χ4n) is 2.23. The maximum atomic E-state index is 5.83. The number of anilines is 3. The second-order valence-electron chi connectivity index (χ2n) is 5.57. The summed E-state index contributed by atoms with van der Waals surface area (Å²) in [5, 5.41) is 0. The van der Waals surface area contributed by atoms with Crippen molar-refractivity contribution < 1.29 is 0 Å². The minimum atomic E-state index is 0.298. The van der Waals surface area contributed by atoms with Crippen LogP contribution in [0.4, 0.5) is 17.8 Å². The molecule has 112 valence electrons. The zero-order valence-electron chi connectivity index (χ0n) is 12.7. The Morgan fingerprint density at radius 1 is 1.00 bits per heavy atom. The van der Waals surface area contributed by atoms with Gasteiger partial charge in [-0.15, -0.1) is 0 Å². The van der Waals surface area contributed by atoms with Crippen LogP contribution in [-0.2, 0) is 0 Å². The van der Waals surface area contributed by atoms with Gasteiger partial charge in [-0.25, -0.2) is 0 Å². The average Bonchev–Trinajstić information content (AvgIpc) is 2.45. The summed E-state index contributed by atoms with van der Waals surface area (Å²) in [5.74, 6) is 1.66. The summed E-state index contributed by atoms with van der Waals surface area (Å²) in [6, 6.07) is 0. The third kappa shape index (κ3) is 3.93. The number of hydrogen-bond acceptors (Lipinski definition) is 7. The number of piperidine rings is 1. The van der Waals surface area contributed by atoms with Crippen LogP contribution in [0, 0.1) is 0 Å². The Morgan fingerprint density at radius 3 is 2.35 bits per heavy atom. The van der Waals surface area contributed by atoms with Crippen molar-refractivity contribution in [3.05, 3.63) is 0 Å². The van der Waals surface area contributed by atoms with Crippen molar-refractivity contribution in [3.8, 4) is 0 Å². The van der Waals surface area contributed by atoms with Crippen LogP contribution in [0.25, 0.3) is 0 Å². The van der Waals surface area contributed by atoms with E-state index in [1.54, 1.807) is 0 Å². The molecular formula is C13H25N7. The summed E-state index contributed by atoms with van der Waals surface area (Å²) in [6.07, 6.45) is 3.67. The molecule has 1 aromatic heterocycles. The van der Waals surface area contributed by atoms with Gasteiger partial charge in [0, 0.05) is 33.2 Å². The first-order valence-electron chi connectivity index (χ1n) is 7.18. The molecule has 0 atom stereocenters. The van der Waals surface area contributed by atoms with E-state index >= 15 is 0 Å². The van der Waals surface area contributed by atoms with Crippen molar-refractivity contribution in [2.24, 2.45) is 0 Å². The molecule has 0 spiro atoms. The monoisotopic (exact) mass is 279 g/mol. The summed E-state index contributed by atoms with van der Waals surface area (Å²) in [4.78, 5) is 19.4. The van der Waals surface area contributed by atoms with Gasteiger partial charge in [0.1, 0.15) is 0 Å². The number of nitrogens with two attached hydrogens (primary N) is 1. The molecule has 1 aromatic rings. The predicted octanol–water partition coefficient (Wildman–Crippen LogP) is 0.442. The molecule has 0 aromatic carbocycles. The van der Waals surface area contributed by atoms with E-state index in [-0.39, 0.29) is 0 Å². The number of hydrogen-bond donors (Lipinski definition) is 1. The highest BCUT2D eigenvalue weighted by molar-refractivity contribution is 5.43. The number of rotatable bonds is 5. The van der Waals surface area contributed by atoms with Gasteiger partial charge in [0.25, 0.3) is 0 Å². The predicted molar refractivity (Wildman–Crippen MR) is 82.1 cm³/mol. The van der Waals surface area contributed by atoms with Crippen LogP contribution in [-0.4, -0.2) is 67.2 Å². The van der Waals surface area contributed by atoms with Gasteiger partial charge in [-0.2, -0.15) is 15.0 Å². The zero-order chi connectivity index (χ0) is 14.5. The first-order chi connectivity index (χ1) is 9.56. The smallest absolute Gasteiger partial charge is 0.231 e. The molecule has 0 aliphatic carbocycles. The molecule has 0 radical (unpaired) electrons. The van der Waals surface area contributed by atoms with Gasteiger partial charge in [0.2, 0.25) is 17.8 Å². The molecule has 1 fully saturated rings. The van der Waals surface area contributed by atoms with Crippen LogP contribution < -0.4 is 15.5 Å². The van der Waals surface area contributed by atoms with Gasteiger partial charge < -0.3 is 20.4 Å². The number of nitrogen functional groups attached to an aromatic ring is 1. The Bertz CT molecular complexity index is 429. The van der Waals surface area contributed by atoms with Crippen molar-refractivity contribution in [3.63, 3.8) is 0 Å². The molecule has 0 unspecified atom stereocenters. The van der Waals surface area contributed by atoms with Crippen LogP contribution in [0.5, 0.6) is 0 Å². The van der Waals surface area contributed by atoms with E-state index in [1.165, 1.54) is 19.3 Å². The first kappa shape index (κ1) is 14.8. The molecule has 2 rings (SSSR count). The fraction of sp³-hybridized carbons (Fsp3) is 0.769. The number of nitrogens with zero attached hydrogens (tertiary/aromatic N) is 6. The normalized spacial score (nSPS) is 15.7. The van der Waals surface area contributed by atoms with Gasteiger partial charge in [0.05, 0.1) is 0 Å². The summed E-state index contributed by atoms with van der Waals surface area (Å²) in [5.41, 5.74) is 5.83. The lowest BCUT2D eigenvalue weighted by Crippen LogP contribution is -2.33. The van der Waals surface area contributed by atoms with E-state index in [9.17, 15) is 0 Å². The van der Waals surface area contributed by atoms with Crippen LogP contribution in [0.15, 0.2) is 0 Å². The lowest BCUT2D eigenvalue weighted by molar-refractivity contribution is 0.415.